The van der Waals surface area contributed by atoms with Crippen molar-refractivity contribution in [1.29, 1.82) is 0 Å². The first-order valence-corrected chi connectivity index (χ1v) is 5.19. The Bertz CT molecular complexity index is 351. The number of aliphatic hydroxyl groups is 1. The molecule has 0 saturated heterocycles. The van der Waals surface area contributed by atoms with E-state index >= 15 is 0 Å². The first-order chi connectivity index (χ1) is 7.22. The fourth-order valence-corrected chi connectivity index (χ4v) is 1.69. The van der Waals surface area contributed by atoms with Gasteiger partial charge in [0, 0.05) is 24.3 Å². The maximum atomic E-state index is 9.02. The van der Waals surface area contributed by atoms with E-state index in [0.29, 0.717) is 18.5 Å². The van der Waals surface area contributed by atoms with Crippen LogP contribution in [0.3, 0.4) is 0 Å². The molecule has 0 atom stereocenters. The van der Waals surface area contributed by atoms with Gasteiger partial charge in [-0.1, -0.05) is 0 Å². The Morgan fingerprint density at radius 3 is 2.93 bits per heavy atom. The van der Waals surface area contributed by atoms with Crippen LogP contribution in [0, 0.1) is 6.92 Å². The van der Waals surface area contributed by atoms with E-state index in [9.17, 15) is 0 Å². The molecule has 0 unspecified atom stereocenters. The Morgan fingerprint density at radius 1 is 1.60 bits per heavy atom. The topological polar surface area (TPSA) is 75.3 Å². The summed E-state index contributed by atoms with van der Waals surface area (Å²) in [5.41, 5.74) is 6.57. The molecule has 1 aliphatic rings. The van der Waals surface area contributed by atoms with E-state index in [0.717, 1.165) is 11.4 Å². The molecule has 0 radical (unpaired) electrons. The number of hydrogen-bond acceptors (Lipinski definition) is 5. The van der Waals surface area contributed by atoms with Crippen molar-refractivity contribution in [3.8, 4) is 0 Å². The molecule has 1 heterocycles. The van der Waals surface area contributed by atoms with Crippen LogP contribution in [0.1, 0.15) is 18.4 Å². The first-order valence-electron chi connectivity index (χ1n) is 5.19. The summed E-state index contributed by atoms with van der Waals surface area (Å²) in [5, 5.41) is 9.02. The van der Waals surface area contributed by atoms with Crippen molar-refractivity contribution >= 4 is 11.8 Å². The number of anilines is 2. The van der Waals surface area contributed by atoms with Gasteiger partial charge in [-0.2, -0.15) is 4.98 Å². The summed E-state index contributed by atoms with van der Waals surface area (Å²) in [4.78, 5) is 10.3. The summed E-state index contributed by atoms with van der Waals surface area (Å²) in [6.45, 7) is 2.71. The quantitative estimate of drug-likeness (QED) is 0.745. The molecule has 5 heteroatoms. The van der Waals surface area contributed by atoms with Crippen LogP contribution in [0.5, 0.6) is 0 Å². The van der Waals surface area contributed by atoms with Crippen LogP contribution in [-0.4, -0.2) is 34.3 Å². The molecular weight excluding hydrogens is 192 g/mol. The molecule has 3 N–H and O–H groups in total. The number of aromatic nitrogens is 2. The summed E-state index contributed by atoms with van der Waals surface area (Å²) in [6.07, 6.45) is 4.07. The lowest BCUT2D eigenvalue weighted by molar-refractivity contribution is 0.301. The maximum Gasteiger partial charge on any atom is 0.221 e. The van der Waals surface area contributed by atoms with E-state index in [2.05, 4.69) is 14.9 Å². The molecule has 0 bridgehead atoms. The average molecular weight is 208 g/mol. The number of rotatable bonds is 4. The average Bonchev–Trinajstić information content (AvgIpc) is 3.02. The highest BCUT2D eigenvalue weighted by molar-refractivity contribution is 5.49. The molecule has 5 nitrogen and oxygen atoms in total. The minimum atomic E-state index is 0.139. The zero-order valence-corrected chi connectivity index (χ0v) is 8.85. The third-order valence-corrected chi connectivity index (χ3v) is 2.56. The van der Waals surface area contributed by atoms with Gasteiger partial charge in [-0.25, -0.2) is 4.98 Å². The predicted octanol–water partition coefficient (Wildman–Crippen LogP) is 0.328. The SMILES string of the molecule is Cc1cnc(N)nc1N(CCO)C1CC1. The number of hydrogen-bond donors (Lipinski definition) is 2. The highest BCUT2D eigenvalue weighted by Crippen LogP contribution is 2.31. The van der Waals surface area contributed by atoms with Crippen molar-refractivity contribution in [2.45, 2.75) is 25.8 Å². The Morgan fingerprint density at radius 2 is 2.33 bits per heavy atom. The number of nitrogen functional groups attached to an aromatic ring is 1. The Hall–Kier alpha value is -1.36. The molecule has 15 heavy (non-hydrogen) atoms. The van der Waals surface area contributed by atoms with Gasteiger partial charge < -0.3 is 15.7 Å². The summed E-state index contributed by atoms with van der Waals surface area (Å²) in [5.74, 6) is 1.15. The van der Waals surface area contributed by atoms with Gasteiger partial charge >= 0.3 is 0 Å². The zero-order chi connectivity index (χ0) is 10.8. The number of nitrogens with two attached hydrogens (primary N) is 1. The van der Waals surface area contributed by atoms with E-state index in [-0.39, 0.29) is 6.61 Å². The molecule has 2 rings (SSSR count). The monoisotopic (exact) mass is 208 g/mol. The molecule has 1 saturated carbocycles. The minimum absolute atomic E-state index is 0.139. The van der Waals surface area contributed by atoms with Gasteiger partial charge in [0.05, 0.1) is 6.61 Å². The molecule has 0 amide bonds. The second-order valence-corrected chi connectivity index (χ2v) is 3.88. The molecule has 1 aromatic rings. The fraction of sp³-hybridized carbons (Fsp3) is 0.600. The smallest absolute Gasteiger partial charge is 0.221 e. The molecule has 1 aromatic heterocycles. The van der Waals surface area contributed by atoms with Crippen LogP contribution >= 0.6 is 0 Å². The fourth-order valence-electron chi connectivity index (χ4n) is 1.69. The van der Waals surface area contributed by atoms with E-state index in [1.54, 1.807) is 6.20 Å². The van der Waals surface area contributed by atoms with E-state index in [4.69, 9.17) is 10.8 Å². The number of aryl methyl sites for hydroxylation is 1. The van der Waals surface area contributed by atoms with Crippen LogP contribution in [0.15, 0.2) is 6.20 Å². The van der Waals surface area contributed by atoms with Gasteiger partial charge in [-0.15, -0.1) is 0 Å². The lowest BCUT2D eigenvalue weighted by Gasteiger charge is -2.23. The predicted molar refractivity (Wildman–Crippen MR) is 58.6 cm³/mol. The lowest BCUT2D eigenvalue weighted by atomic mass is 10.3. The van der Waals surface area contributed by atoms with E-state index < -0.39 is 0 Å². The second kappa shape index (κ2) is 4.02. The Kier molecular flexibility index (Phi) is 2.73. The molecule has 82 valence electrons. The molecule has 0 aromatic carbocycles. The minimum Gasteiger partial charge on any atom is -0.395 e. The van der Waals surface area contributed by atoms with Gasteiger partial charge in [0.15, 0.2) is 0 Å². The Balaban J connectivity index is 2.27. The molecule has 1 aliphatic carbocycles. The third kappa shape index (κ3) is 2.18. The van der Waals surface area contributed by atoms with Crippen molar-refractivity contribution in [1.82, 2.24) is 9.97 Å². The van der Waals surface area contributed by atoms with E-state index in [1.807, 2.05) is 6.92 Å². The Labute approximate surface area is 88.9 Å². The summed E-state index contributed by atoms with van der Waals surface area (Å²) < 4.78 is 0. The number of aliphatic hydroxyl groups excluding tert-OH is 1. The van der Waals surface area contributed by atoms with Crippen molar-refractivity contribution < 1.29 is 5.11 Å². The largest absolute Gasteiger partial charge is 0.395 e. The standard InChI is InChI=1S/C10H16N4O/c1-7-6-12-10(11)13-9(7)14(4-5-15)8-2-3-8/h6,8,15H,2-5H2,1H3,(H2,11,12,13). The molecule has 0 spiro atoms. The van der Waals surface area contributed by atoms with Crippen LogP contribution in [0.2, 0.25) is 0 Å². The van der Waals surface area contributed by atoms with Gasteiger partial charge in [-0.3, -0.25) is 0 Å². The van der Waals surface area contributed by atoms with Crippen molar-refractivity contribution in [2.24, 2.45) is 0 Å². The first kappa shape index (κ1) is 10.2. The highest BCUT2D eigenvalue weighted by Gasteiger charge is 2.30. The zero-order valence-electron chi connectivity index (χ0n) is 8.85. The van der Waals surface area contributed by atoms with E-state index in [1.165, 1.54) is 12.8 Å². The number of nitrogens with zero attached hydrogens (tertiary/aromatic N) is 3. The highest BCUT2D eigenvalue weighted by atomic mass is 16.3. The summed E-state index contributed by atoms with van der Waals surface area (Å²) in [7, 11) is 0. The van der Waals surface area contributed by atoms with Crippen LogP contribution in [0.4, 0.5) is 11.8 Å². The van der Waals surface area contributed by atoms with Gasteiger partial charge in [0.25, 0.3) is 0 Å². The molecular formula is C10H16N4O. The van der Waals surface area contributed by atoms with Crippen LogP contribution in [-0.2, 0) is 0 Å². The third-order valence-electron chi connectivity index (χ3n) is 2.56. The van der Waals surface area contributed by atoms with Crippen LogP contribution < -0.4 is 10.6 Å². The normalized spacial score (nSPS) is 15.3. The lowest BCUT2D eigenvalue weighted by Crippen LogP contribution is -2.30. The second-order valence-electron chi connectivity index (χ2n) is 3.88. The molecule has 0 aliphatic heterocycles. The summed E-state index contributed by atoms with van der Waals surface area (Å²) in [6, 6.07) is 0.519. The van der Waals surface area contributed by atoms with Crippen molar-refractivity contribution in [2.75, 3.05) is 23.8 Å². The van der Waals surface area contributed by atoms with Gasteiger partial charge in [-0.05, 0) is 19.8 Å². The molecule has 1 fully saturated rings. The van der Waals surface area contributed by atoms with Crippen molar-refractivity contribution in [3.05, 3.63) is 11.8 Å². The van der Waals surface area contributed by atoms with Crippen molar-refractivity contribution in [3.63, 3.8) is 0 Å². The van der Waals surface area contributed by atoms with Gasteiger partial charge in [0.1, 0.15) is 5.82 Å². The maximum absolute atomic E-state index is 9.02. The summed E-state index contributed by atoms with van der Waals surface area (Å²) >= 11 is 0. The van der Waals surface area contributed by atoms with Crippen LogP contribution in [0.25, 0.3) is 0 Å². The van der Waals surface area contributed by atoms with Gasteiger partial charge in [0.2, 0.25) is 5.95 Å².